The van der Waals surface area contributed by atoms with Gasteiger partial charge in [0.15, 0.2) is 0 Å². The number of nitrogens with zero attached hydrogens (tertiary/aromatic N) is 2. The Morgan fingerprint density at radius 1 is 1.09 bits per heavy atom. The number of aryl methyl sites for hydroxylation is 2. The van der Waals surface area contributed by atoms with Gasteiger partial charge in [-0.15, -0.1) is 0 Å². The molecule has 0 aliphatic heterocycles. The van der Waals surface area contributed by atoms with Crippen molar-refractivity contribution in [3.8, 4) is 5.69 Å². The minimum Gasteiger partial charge on any atom is -0.322 e. The van der Waals surface area contributed by atoms with E-state index in [1.165, 1.54) is 0 Å². The quantitative estimate of drug-likeness (QED) is 0.738. The van der Waals surface area contributed by atoms with E-state index in [9.17, 15) is 4.79 Å². The first-order valence-electron chi connectivity index (χ1n) is 7.23. The molecule has 0 spiro atoms. The van der Waals surface area contributed by atoms with Crippen LogP contribution in [0.1, 0.15) is 21.7 Å². The van der Waals surface area contributed by atoms with Gasteiger partial charge in [-0.25, -0.2) is 4.68 Å². The van der Waals surface area contributed by atoms with Crippen LogP contribution in [0.2, 0.25) is 0 Å². The van der Waals surface area contributed by atoms with Crippen molar-refractivity contribution < 1.29 is 4.79 Å². The molecule has 3 aromatic rings. The monoisotopic (exact) mass is 369 g/mol. The molecule has 0 saturated heterocycles. The van der Waals surface area contributed by atoms with Crippen molar-refractivity contribution in [1.29, 1.82) is 0 Å². The highest BCUT2D eigenvalue weighted by molar-refractivity contribution is 9.10. The molecular weight excluding hydrogens is 354 g/mol. The molecule has 1 aromatic heterocycles. The third-order valence-electron chi connectivity index (χ3n) is 3.47. The number of rotatable bonds is 3. The second-order valence-corrected chi connectivity index (χ2v) is 6.27. The Morgan fingerprint density at radius 2 is 1.83 bits per heavy atom. The summed E-state index contributed by atoms with van der Waals surface area (Å²) in [6.07, 6.45) is 0. The summed E-state index contributed by atoms with van der Waals surface area (Å²) in [7, 11) is 0. The van der Waals surface area contributed by atoms with Crippen molar-refractivity contribution in [2.45, 2.75) is 13.8 Å². The lowest BCUT2D eigenvalue weighted by Crippen LogP contribution is -2.12. The average molecular weight is 370 g/mol. The molecule has 116 valence electrons. The van der Waals surface area contributed by atoms with E-state index in [2.05, 4.69) is 26.3 Å². The largest absolute Gasteiger partial charge is 0.322 e. The number of halogens is 1. The molecule has 0 atom stereocenters. The fourth-order valence-electron chi connectivity index (χ4n) is 2.41. The lowest BCUT2D eigenvalue weighted by atomic mass is 10.2. The number of hydrogen-bond acceptors (Lipinski definition) is 2. The summed E-state index contributed by atoms with van der Waals surface area (Å²) in [6, 6.07) is 16.9. The Bertz CT molecular complexity index is 853. The fourth-order valence-corrected chi connectivity index (χ4v) is 2.81. The molecular formula is C18H16BrN3O. The number of hydrogen-bond donors (Lipinski definition) is 1. The highest BCUT2D eigenvalue weighted by Gasteiger charge is 2.08. The normalized spacial score (nSPS) is 10.6. The van der Waals surface area contributed by atoms with Gasteiger partial charge in [0.2, 0.25) is 0 Å². The van der Waals surface area contributed by atoms with Gasteiger partial charge in [0.25, 0.3) is 5.91 Å². The second-order valence-electron chi connectivity index (χ2n) is 5.35. The van der Waals surface area contributed by atoms with E-state index in [1.807, 2.05) is 61.0 Å². The van der Waals surface area contributed by atoms with E-state index in [-0.39, 0.29) is 5.91 Å². The molecule has 2 aromatic carbocycles. The van der Waals surface area contributed by atoms with Crippen LogP contribution in [0.5, 0.6) is 0 Å². The molecule has 3 rings (SSSR count). The van der Waals surface area contributed by atoms with E-state index in [1.54, 1.807) is 12.1 Å². The maximum Gasteiger partial charge on any atom is 0.255 e. The van der Waals surface area contributed by atoms with Crippen LogP contribution in [0.15, 0.2) is 59.1 Å². The molecule has 0 aliphatic carbocycles. The van der Waals surface area contributed by atoms with Crippen LogP contribution in [-0.4, -0.2) is 15.7 Å². The third kappa shape index (κ3) is 3.51. The molecule has 0 fully saturated rings. The summed E-state index contributed by atoms with van der Waals surface area (Å²) >= 11 is 3.39. The Morgan fingerprint density at radius 3 is 2.43 bits per heavy atom. The Hall–Kier alpha value is -2.40. The molecule has 23 heavy (non-hydrogen) atoms. The summed E-state index contributed by atoms with van der Waals surface area (Å²) < 4.78 is 2.79. The molecule has 1 N–H and O–H groups in total. The molecule has 0 aliphatic rings. The van der Waals surface area contributed by atoms with E-state index < -0.39 is 0 Å². The predicted molar refractivity (Wildman–Crippen MR) is 95.1 cm³/mol. The molecule has 5 heteroatoms. The standard InChI is InChI=1S/C18H16BrN3O/c1-12-10-13(2)22(21-12)17-8-6-14(7-9-17)18(23)20-16-5-3-4-15(19)11-16/h3-11H,1-2H3,(H,20,23). The topological polar surface area (TPSA) is 46.9 Å². The molecule has 1 heterocycles. The number of amides is 1. The zero-order chi connectivity index (χ0) is 16.4. The van der Waals surface area contributed by atoms with Crippen molar-refractivity contribution in [3.63, 3.8) is 0 Å². The van der Waals surface area contributed by atoms with E-state index in [4.69, 9.17) is 0 Å². The predicted octanol–water partition coefficient (Wildman–Crippen LogP) is 4.50. The van der Waals surface area contributed by atoms with E-state index >= 15 is 0 Å². The number of carbonyl (C=O) groups is 1. The number of aromatic nitrogens is 2. The summed E-state index contributed by atoms with van der Waals surface area (Å²) in [4.78, 5) is 12.3. The number of nitrogens with one attached hydrogen (secondary N) is 1. The second kappa shape index (κ2) is 6.38. The SMILES string of the molecule is Cc1cc(C)n(-c2ccc(C(=O)Nc3cccc(Br)c3)cc2)n1. The highest BCUT2D eigenvalue weighted by atomic mass is 79.9. The van der Waals surface area contributed by atoms with Gasteiger partial charge in [-0.05, 0) is 62.4 Å². The van der Waals surface area contributed by atoms with Crippen molar-refractivity contribution in [1.82, 2.24) is 9.78 Å². The summed E-state index contributed by atoms with van der Waals surface area (Å²) in [5, 5.41) is 7.33. The minimum absolute atomic E-state index is 0.136. The number of benzene rings is 2. The van der Waals surface area contributed by atoms with Crippen molar-refractivity contribution in [2.75, 3.05) is 5.32 Å². The van der Waals surface area contributed by atoms with Crippen molar-refractivity contribution >= 4 is 27.5 Å². The van der Waals surface area contributed by atoms with Crippen LogP contribution >= 0.6 is 15.9 Å². The van der Waals surface area contributed by atoms with Gasteiger partial charge in [-0.2, -0.15) is 5.10 Å². The van der Waals surface area contributed by atoms with Gasteiger partial charge in [0.05, 0.1) is 11.4 Å². The molecule has 4 nitrogen and oxygen atoms in total. The van der Waals surface area contributed by atoms with Gasteiger partial charge in [0.1, 0.15) is 0 Å². The molecule has 0 bridgehead atoms. The van der Waals surface area contributed by atoms with Gasteiger partial charge >= 0.3 is 0 Å². The lowest BCUT2D eigenvalue weighted by Gasteiger charge is -2.08. The molecule has 0 saturated carbocycles. The Labute approximate surface area is 143 Å². The first-order valence-corrected chi connectivity index (χ1v) is 8.03. The molecule has 0 unspecified atom stereocenters. The number of carbonyl (C=O) groups excluding carboxylic acids is 1. The first-order chi connectivity index (χ1) is 11.0. The van der Waals surface area contributed by atoms with E-state index in [0.717, 1.165) is 27.2 Å². The smallest absolute Gasteiger partial charge is 0.255 e. The van der Waals surface area contributed by atoms with Crippen LogP contribution in [0, 0.1) is 13.8 Å². The minimum atomic E-state index is -0.136. The fraction of sp³-hybridized carbons (Fsp3) is 0.111. The maximum atomic E-state index is 12.3. The Balaban J connectivity index is 1.79. The van der Waals surface area contributed by atoms with Crippen LogP contribution < -0.4 is 5.32 Å². The lowest BCUT2D eigenvalue weighted by molar-refractivity contribution is 0.102. The molecule has 0 radical (unpaired) electrons. The van der Waals surface area contributed by atoms with Gasteiger partial charge in [0, 0.05) is 21.4 Å². The zero-order valence-corrected chi connectivity index (χ0v) is 14.5. The highest BCUT2D eigenvalue weighted by Crippen LogP contribution is 2.17. The first kappa shape index (κ1) is 15.5. The van der Waals surface area contributed by atoms with Crippen LogP contribution in [0.4, 0.5) is 5.69 Å². The zero-order valence-electron chi connectivity index (χ0n) is 12.9. The average Bonchev–Trinajstić information content (AvgIpc) is 2.86. The van der Waals surface area contributed by atoms with Crippen molar-refractivity contribution in [3.05, 3.63) is 76.0 Å². The van der Waals surface area contributed by atoms with Crippen molar-refractivity contribution in [2.24, 2.45) is 0 Å². The number of anilines is 1. The van der Waals surface area contributed by atoms with Crippen LogP contribution in [-0.2, 0) is 0 Å². The maximum absolute atomic E-state index is 12.3. The van der Waals surface area contributed by atoms with Gasteiger partial charge in [-0.3, -0.25) is 4.79 Å². The summed E-state index contributed by atoms with van der Waals surface area (Å²) in [5.41, 5.74) is 4.34. The molecule has 1 amide bonds. The van der Waals surface area contributed by atoms with E-state index in [0.29, 0.717) is 5.56 Å². The van der Waals surface area contributed by atoms with Gasteiger partial charge < -0.3 is 5.32 Å². The van der Waals surface area contributed by atoms with Crippen LogP contribution in [0.3, 0.4) is 0 Å². The van der Waals surface area contributed by atoms with Crippen LogP contribution in [0.25, 0.3) is 5.69 Å². The Kier molecular flexibility index (Phi) is 4.30. The third-order valence-corrected chi connectivity index (χ3v) is 3.96. The summed E-state index contributed by atoms with van der Waals surface area (Å²) in [5.74, 6) is -0.136. The van der Waals surface area contributed by atoms with Gasteiger partial charge in [-0.1, -0.05) is 22.0 Å². The summed E-state index contributed by atoms with van der Waals surface area (Å²) in [6.45, 7) is 3.97.